The van der Waals surface area contributed by atoms with Gasteiger partial charge in [0.25, 0.3) is 0 Å². The largest absolute Gasteiger partial charge is 0.344 e. The number of thiazole rings is 1. The van der Waals surface area contributed by atoms with Crippen LogP contribution in [0.5, 0.6) is 0 Å². The summed E-state index contributed by atoms with van der Waals surface area (Å²) in [5.74, 6) is 0. The number of nitrogens with zero attached hydrogens (tertiary/aromatic N) is 1. The van der Waals surface area contributed by atoms with Gasteiger partial charge in [0.1, 0.15) is 0 Å². The van der Waals surface area contributed by atoms with Crippen LogP contribution >= 0.6 is 11.3 Å². The zero-order valence-electron chi connectivity index (χ0n) is 7.29. The first-order valence-corrected chi connectivity index (χ1v) is 4.42. The second kappa shape index (κ2) is 3.21. The van der Waals surface area contributed by atoms with Gasteiger partial charge in [0, 0.05) is 0 Å². The third-order valence-corrected chi connectivity index (χ3v) is 2.66. The molecule has 0 spiro atoms. The van der Waals surface area contributed by atoms with Crippen molar-refractivity contribution < 1.29 is 0 Å². The highest BCUT2D eigenvalue weighted by Gasteiger charge is 2.00. The minimum absolute atomic E-state index is 0. The van der Waals surface area contributed by atoms with Crippen molar-refractivity contribution in [1.82, 2.24) is 11.1 Å². The van der Waals surface area contributed by atoms with Crippen LogP contribution in [0.25, 0.3) is 10.2 Å². The molecular formula is C9H12N2S. The van der Waals surface area contributed by atoms with E-state index >= 15 is 0 Å². The van der Waals surface area contributed by atoms with Gasteiger partial charge in [0.2, 0.25) is 0 Å². The summed E-state index contributed by atoms with van der Waals surface area (Å²) in [5, 5.41) is 1.15. The van der Waals surface area contributed by atoms with Gasteiger partial charge < -0.3 is 6.15 Å². The van der Waals surface area contributed by atoms with Crippen molar-refractivity contribution in [2.75, 3.05) is 0 Å². The molecule has 0 fully saturated rings. The Labute approximate surface area is 75.8 Å². The van der Waals surface area contributed by atoms with Gasteiger partial charge in [0.05, 0.1) is 15.2 Å². The summed E-state index contributed by atoms with van der Waals surface area (Å²) in [6.07, 6.45) is 0. The van der Waals surface area contributed by atoms with E-state index in [9.17, 15) is 0 Å². The molecule has 0 atom stereocenters. The molecule has 1 heterocycles. The molecular weight excluding hydrogens is 168 g/mol. The molecule has 64 valence electrons. The van der Waals surface area contributed by atoms with Crippen molar-refractivity contribution in [1.29, 1.82) is 0 Å². The second-order valence-electron chi connectivity index (χ2n) is 2.65. The van der Waals surface area contributed by atoms with Crippen LogP contribution in [-0.4, -0.2) is 4.98 Å². The number of para-hydroxylation sites is 1. The third-order valence-electron chi connectivity index (χ3n) is 1.73. The summed E-state index contributed by atoms with van der Waals surface area (Å²) in [4.78, 5) is 4.43. The Morgan fingerprint density at radius 1 is 1.25 bits per heavy atom. The average Bonchev–Trinajstić information content (AvgIpc) is 2.31. The highest BCUT2D eigenvalue weighted by atomic mass is 32.1. The number of fused-ring (bicyclic) bond motifs is 1. The maximum atomic E-state index is 4.43. The summed E-state index contributed by atoms with van der Waals surface area (Å²) in [6.45, 7) is 4.14. The van der Waals surface area contributed by atoms with Crippen LogP contribution in [0.1, 0.15) is 10.6 Å². The van der Waals surface area contributed by atoms with Gasteiger partial charge in [-0.15, -0.1) is 11.3 Å². The minimum Gasteiger partial charge on any atom is -0.344 e. The van der Waals surface area contributed by atoms with Crippen molar-refractivity contribution >= 4 is 21.6 Å². The van der Waals surface area contributed by atoms with Gasteiger partial charge in [-0.1, -0.05) is 12.1 Å². The zero-order valence-corrected chi connectivity index (χ0v) is 8.11. The summed E-state index contributed by atoms with van der Waals surface area (Å²) >= 11 is 1.76. The molecule has 0 saturated heterocycles. The van der Waals surface area contributed by atoms with E-state index in [1.807, 2.05) is 6.92 Å². The van der Waals surface area contributed by atoms with E-state index in [-0.39, 0.29) is 6.15 Å². The highest BCUT2D eigenvalue weighted by Crippen LogP contribution is 2.23. The molecule has 0 radical (unpaired) electrons. The van der Waals surface area contributed by atoms with E-state index in [4.69, 9.17) is 0 Å². The summed E-state index contributed by atoms with van der Waals surface area (Å²) in [7, 11) is 0. The van der Waals surface area contributed by atoms with Crippen molar-refractivity contribution in [3.05, 3.63) is 28.8 Å². The quantitative estimate of drug-likeness (QED) is 0.677. The maximum Gasteiger partial charge on any atom is 0.0907 e. The van der Waals surface area contributed by atoms with Crippen LogP contribution in [0.4, 0.5) is 0 Å². The molecule has 0 aliphatic rings. The van der Waals surface area contributed by atoms with Crippen molar-refractivity contribution in [2.45, 2.75) is 13.8 Å². The Bertz CT molecular complexity index is 392. The van der Waals surface area contributed by atoms with Crippen LogP contribution in [0.2, 0.25) is 0 Å². The van der Waals surface area contributed by atoms with E-state index in [0.29, 0.717) is 0 Å². The molecule has 1 aromatic carbocycles. The normalized spacial score (nSPS) is 9.83. The highest BCUT2D eigenvalue weighted by molar-refractivity contribution is 7.18. The summed E-state index contributed by atoms with van der Waals surface area (Å²) in [5.41, 5.74) is 2.43. The van der Waals surface area contributed by atoms with Gasteiger partial charge in [-0.3, -0.25) is 0 Å². The van der Waals surface area contributed by atoms with Gasteiger partial charge in [-0.05, 0) is 25.5 Å². The number of rotatable bonds is 0. The predicted octanol–water partition coefficient (Wildman–Crippen LogP) is 3.08. The summed E-state index contributed by atoms with van der Waals surface area (Å²) in [6, 6.07) is 6.30. The van der Waals surface area contributed by atoms with Crippen LogP contribution in [-0.2, 0) is 0 Å². The maximum absolute atomic E-state index is 4.43. The van der Waals surface area contributed by atoms with Crippen LogP contribution < -0.4 is 6.15 Å². The lowest BCUT2D eigenvalue weighted by Crippen LogP contribution is -1.74. The van der Waals surface area contributed by atoms with E-state index < -0.39 is 0 Å². The molecule has 0 unspecified atom stereocenters. The van der Waals surface area contributed by atoms with E-state index in [1.54, 1.807) is 11.3 Å². The Balaban J connectivity index is 0.000000720. The number of aryl methyl sites for hydroxylation is 2. The van der Waals surface area contributed by atoms with Gasteiger partial charge >= 0.3 is 0 Å². The summed E-state index contributed by atoms with van der Waals surface area (Å²) < 4.78 is 1.29. The molecule has 3 N–H and O–H groups in total. The third kappa shape index (κ3) is 1.33. The molecule has 3 heteroatoms. The first-order valence-electron chi connectivity index (χ1n) is 3.60. The molecule has 2 rings (SSSR count). The van der Waals surface area contributed by atoms with Crippen LogP contribution in [0.15, 0.2) is 18.2 Å². The first-order chi connectivity index (χ1) is 5.27. The van der Waals surface area contributed by atoms with Gasteiger partial charge in [-0.25, -0.2) is 4.98 Å². The lowest BCUT2D eigenvalue weighted by molar-refractivity contribution is 1.32. The fourth-order valence-corrected chi connectivity index (χ4v) is 2.10. The number of hydrogen-bond donors (Lipinski definition) is 1. The van der Waals surface area contributed by atoms with E-state index in [1.165, 1.54) is 10.3 Å². The lowest BCUT2D eigenvalue weighted by atomic mass is 10.2. The molecule has 2 aromatic rings. The molecule has 0 bridgehead atoms. The van der Waals surface area contributed by atoms with Crippen molar-refractivity contribution in [3.8, 4) is 0 Å². The van der Waals surface area contributed by atoms with Crippen LogP contribution in [0, 0.1) is 13.8 Å². The minimum atomic E-state index is 0. The standard InChI is InChI=1S/C9H9NS.H3N/c1-6-4-3-5-8-9(6)10-7(2)11-8;/h3-5H,1-2H3;1H3. The average molecular weight is 180 g/mol. The van der Waals surface area contributed by atoms with E-state index in [2.05, 4.69) is 30.1 Å². The molecule has 0 aliphatic heterocycles. The first kappa shape index (κ1) is 9.16. The SMILES string of the molecule is Cc1nc2c(C)cccc2s1.N. The molecule has 0 saturated carbocycles. The molecule has 2 nitrogen and oxygen atoms in total. The lowest BCUT2D eigenvalue weighted by Gasteiger charge is -1.90. The van der Waals surface area contributed by atoms with Crippen molar-refractivity contribution in [2.24, 2.45) is 0 Å². The van der Waals surface area contributed by atoms with Gasteiger partial charge in [0.15, 0.2) is 0 Å². The van der Waals surface area contributed by atoms with Crippen molar-refractivity contribution in [3.63, 3.8) is 0 Å². The second-order valence-corrected chi connectivity index (χ2v) is 3.89. The predicted molar refractivity (Wildman–Crippen MR) is 54.1 cm³/mol. The fraction of sp³-hybridized carbons (Fsp3) is 0.222. The molecule has 1 aromatic heterocycles. The Morgan fingerprint density at radius 3 is 2.67 bits per heavy atom. The van der Waals surface area contributed by atoms with Gasteiger partial charge in [-0.2, -0.15) is 0 Å². The Kier molecular flexibility index (Phi) is 2.45. The fourth-order valence-electron chi connectivity index (χ4n) is 1.20. The Morgan fingerprint density at radius 2 is 2.00 bits per heavy atom. The smallest absolute Gasteiger partial charge is 0.0907 e. The molecule has 12 heavy (non-hydrogen) atoms. The number of aromatic nitrogens is 1. The molecule has 0 aliphatic carbocycles. The Hall–Kier alpha value is -0.930. The topological polar surface area (TPSA) is 47.9 Å². The molecule has 0 amide bonds. The number of hydrogen-bond acceptors (Lipinski definition) is 3. The van der Waals surface area contributed by atoms with E-state index in [0.717, 1.165) is 10.5 Å². The zero-order chi connectivity index (χ0) is 7.84. The van der Waals surface area contributed by atoms with Crippen LogP contribution in [0.3, 0.4) is 0 Å². The monoisotopic (exact) mass is 180 g/mol. The number of benzene rings is 1.